The summed E-state index contributed by atoms with van der Waals surface area (Å²) in [5.74, 6) is -5.33. The van der Waals surface area contributed by atoms with Crippen LogP contribution >= 0.6 is 23.4 Å². The van der Waals surface area contributed by atoms with E-state index in [1.807, 2.05) is 0 Å². The van der Waals surface area contributed by atoms with Crippen molar-refractivity contribution in [3.05, 3.63) is 75.7 Å². The quantitative estimate of drug-likeness (QED) is 0.204. The molecule has 0 bridgehead atoms. The molecule has 0 heterocycles. The number of rotatable bonds is 16. The van der Waals surface area contributed by atoms with Crippen molar-refractivity contribution in [2.75, 3.05) is 12.9 Å². The van der Waals surface area contributed by atoms with Crippen LogP contribution in [0.2, 0.25) is 5.02 Å². The molecule has 13 heteroatoms. The van der Waals surface area contributed by atoms with Gasteiger partial charge in [-0.25, -0.2) is 9.18 Å². The van der Waals surface area contributed by atoms with E-state index < -0.39 is 53.0 Å². The van der Waals surface area contributed by atoms with Gasteiger partial charge in [-0.15, -0.1) is 11.8 Å². The molecule has 0 spiro atoms. The second-order valence-electron chi connectivity index (χ2n) is 9.51. The molecule has 2 rings (SSSR count). The van der Waals surface area contributed by atoms with E-state index in [9.17, 15) is 33.5 Å². The van der Waals surface area contributed by atoms with Crippen LogP contribution in [0.5, 0.6) is 5.75 Å². The predicted molar refractivity (Wildman–Crippen MR) is 156 cm³/mol. The first-order valence-electron chi connectivity index (χ1n) is 12.8. The molecule has 4 N–H and O–H groups in total. The minimum atomic E-state index is -1.47. The van der Waals surface area contributed by atoms with E-state index in [0.29, 0.717) is 23.0 Å². The number of methoxy groups -OCH3 is 1. The molecule has 0 aliphatic heterocycles. The summed E-state index contributed by atoms with van der Waals surface area (Å²) in [7, 11) is 1.43. The molecular weight excluding hydrogens is 591 g/mol. The first-order chi connectivity index (χ1) is 19.8. The summed E-state index contributed by atoms with van der Waals surface area (Å²) in [4.78, 5) is 61.1. The summed E-state index contributed by atoms with van der Waals surface area (Å²) in [5, 5.41) is 23.3. The molecule has 2 aromatic rings. The Morgan fingerprint density at radius 1 is 1.12 bits per heavy atom. The molecule has 0 aliphatic carbocycles. The second kappa shape index (κ2) is 16.5. The number of ketones is 1. The van der Waals surface area contributed by atoms with Gasteiger partial charge in [0, 0.05) is 28.3 Å². The van der Waals surface area contributed by atoms with E-state index in [2.05, 4.69) is 10.6 Å². The molecule has 226 valence electrons. The Morgan fingerprint density at radius 2 is 1.83 bits per heavy atom. The topological polar surface area (TPSA) is 159 Å². The summed E-state index contributed by atoms with van der Waals surface area (Å²) in [5.41, 5.74) is 0.870. The number of Topliss-reactive ketones (excluding diaryl/α,β-unsaturated/α-hetero) is 1. The number of aliphatic carboxylic acids is 2. The zero-order valence-corrected chi connectivity index (χ0v) is 24.8. The second-order valence-corrected chi connectivity index (χ2v) is 10.9. The van der Waals surface area contributed by atoms with Crippen molar-refractivity contribution in [1.29, 1.82) is 0 Å². The fourth-order valence-corrected chi connectivity index (χ4v) is 5.07. The van der Waals surface area contributed by atoms with Crippen molar-refractivity contribution >= 4 is 52.9 Å². The fourth-order valence-electron chi connectivity index (χ4n) is 3.82. The number of nitrogens with one attached hydrogen (secondary N) is 2. The van der Waals surface area contributed by atoms with E-state index >= 15 is 0 Å². The number of carbonyl (C=O) groups excluding carboxylic acids is 3. The van der Waals surface area contributed by atoms with Gasteiger partial charge in [0.1, 0.15) is 17.6 Å². The van der Waals surface area contributed by atoms with Gasteiger partial charge in [-0.1, -0.05) is 43.6 Å². The number of carbonyl (C=O) groups is 5. The molecule has 2 aromatic carbocycles. The number of thioether (sulfide) groups is 1. The third-order valence-corrected chi connectivity index (χ3v) is 7.27. The Labute approximate surface area is 251 Å². The average molecular weight is 623 g/mol. The lowest BCUT2D eigenvalue weighted by molar-refractivity contribution is -0.137. The molecule has 0 saturated carbocycles. The molecule has 1 atom stereocenters. The van der Waals surface area contributed by atoms with E-state index in [4.69, 9.17) is 21.4 Å². The summed E-state index contributed by atoms with van der Waals surface area (Å²) < 4.78 is 19.3. The van der Waals surface area contributed by atoms with Gasteiger partial charge in [0.05, 0.1) is 31.1 Å². The van der Waals surface area contributed by atoms with Crippen LogP contribution < -0.4 is 15.4 Å². The first-order valence-corrected chi connectivity index (χ1v) is 14.3. The van der Waals surface area contributed by atoms with Gasteiger partial charge in [-0.3, -0.25) is 19.2 Å². The van der Waals surface area contributed by atoms with Gasteiger partial charge in [0.15, 0.2) is 5.78 Å². The lowest BCUT2D eigenvalue weighted by atomic mass is 10.0. The highest BCUT2D eigenvalue weighted by molar-refractivity contribution is 7.99. The van der Waals surface area contributed by atoms with Crippen molar-refractivity contribution in [2.45, 2.75) is 44.9 Å². The van der Waals surface area contributed by atoms with Crippen LogP contribution in [0.4, 0.5) is 4.39 Å². The SMILES string of the molecule is COc1ccc(CCC(=O)O)cc1CC(=O)N[C@H](C(=O)N/C(=C/C(=O)O)C(=O)CSCc1c(F)cccc1Cl)C(C)C. The molecule has 0 radical (unpaired) electrons. The number of allylic oxidation sites excluding steroid dienone is 1. The number of hydrogen-bond donors (Lipinski definition) is 4. The molecule has 0 fully saturated rings. The third kappa shape index (κ3) is 10.8. The maximum absolute atomic E-state index is 14.0. The van der Waals surface area contributed by atoms with Gasteiger partial charge >= 0.3 is 11.9 Å². The average Bonchev–Trinajstić information content (AvgIpc) is 2.91. The number of halogens is 2. The summed E-state index contributed by atoms with van der Waals surface area (Å²) in [6.45, 7) is 3.32. The largest absolute Gasteiger partial charge is 0.496 e. The highest BCUT2D eigenvalue weighted by Gasteiger charge is 2.27. The van der Waals surface area contributed by atoms with E-state index in [0.717, 1.165) is 11.8 Å². The van der Waals surface area contributed by atoms with E-state index in [1.54, 1.807) is 32.0 Å². The van der Waals surface area contributed by atoms with Crippen molar-refractivity contribution in [3.63, 3.8) is 0 Å². The Kier molecular flexibility index (Phi) is 13.5. The van der Waals surface area contributed by atoms with Crippen molar-refractivity contribution < 1.29 is 43.3 Å². The van der Waals surface area contributed by atoms with Crippen LogP contribution in [0.15, 0.2) is 48.2 Å². The minimum Gasteiger partial charge on any atom is -0.496 e. The molecular formula is C29H32ClFN2O8S. The Hall–Kier alpha value is -3.90. The minimum absolute atomic E-state index is 0.0389. The summed E-state index contributed by atoms with van der Waals surface area (Å²) in [6.07, 6.45) is 0.535. The molecule has 10 nitrogen and oxygen atoms in total. The van der Waals surface area contributed by atoms with Gasteiger partial charge in [-0.2, -0.15) is 0 Å². The predicted octanol–water partition coefficient (Wildman–Crippen LogP) is 3.78. The van der Waals surface area contributed by atoms with Gasteiger partial charge in [0.2, 0.25) is 11.8 Å². The Bertz CT molecular complexity index is 1340. The monoisotopic (exact) mass is 622 g/mol. The number of benzene rings is 2. The van der Waals surface area contributed by atoms with Crippen LogP contribution in [0.1, 0.15) is 37.0 Å². The zero-order chi connectivity index (χ0) is 31.4. The molecule has 0 saturated heterocycles. The number of carboxylic acids is 2. The number of aryl methyl sites for hydroxylation is 1. The van der Waals surface area contributed by atoms with Crippen molar-refractivity contribution in [1.82, 2.24) is 10.6 Å². The van der Waals surface area contributed by atoms with Crippen molar-refractivity contribution in [3.8, 4) is 5.75 Å². The lowest BCUT2D eigenvalue weighted by Gasteiger charge is -2.22. The van der Waals surface area contributed by atoms with Gasteiger partial charge in [0.25, 0.3) is 0 Å². The number of ether oxygens (including phenoxy) is 1. The Balaban J connectivity index is 2.11. The van der Waals surface area contributed by atoms with Gasteiger partial charge < -0.3 is 25.6 Å². The lowest BCUT2D eigenvalue weighted by Crippen LogP contribution is -2.50. The smallest absolute Gasteiger partial charge is 0.330 e. The maximum Gasteiger partial charge on any atom is 0.330 e. The normalized spacial score (nSPS) is 12.0. The van der Waals surface area contributed by atoms with Crippen LogP contribution in [0.25, 0.3) is 0 Å². The van der Waals surface area contributed by atoms with E-state index in [-0.39, 0.29) is 41.4 Å². The van der Waals surface area contributed by atoms with Crippen molar-refractivity contribution in [2.24, 2.45) is 5.92 Å². The number of carboxylic acid groups (broad SMARTS) is 2. The molecule has 0 unspecified atom stereocenters. The summed E-state index contributed by atoms with van der Waals surface area (Å²) in [6, 6.07) is 8.03. The number of hydrogen-bond acceptors (Lipinski definition) is 7. The number of amides is 2. The van der Waals surface area contributed by atoms with Crippen LogP contribution in [0, 0.1) is 11.7 Å². The standard InChI is InChI=1S/C29H32ClFN2O8S/c1-16(2)28(33-25(35)12-18-11-17(8-10-26(36)37)7-9-24(18)41-3)29(40)32-22(13-27(38)39)23(34)15-42-14-19-20(30)5-4-6-21(19)31/h4-7,9,11,13,16,28H,8,10,12,14-15H2,1-3H3,(H,32,40)(H,33,35)(H,36,37)(H,38,39)/b22-13+/t28-/m0/s1. The molecule has 0 aliphatic rings. The van der Waals surface area contributed by atoms with Crippen LogP contribution in [-0.2, 0) is 42.6 Å². The Morgan fingerprint density at radius 3 is 2.43 bits per heavy atom. The van der Waals surface area contributed by atoms with E-state index in [1.165, 1.54) is 25.3 Å². The molecule has 2 amide bonds. The molecule has 0 aromatic heterocycles. The summed E-state index contributed by atoms with van der Waals surface area (Å²) >= 11 is 6.99. The first kappa shape index (κ1) is 34.3. The maximum atomic E-state index is 14.0. The van der Waals surface area contributed by atoms with Crippen LogP contribution in [-0.4, -0.2) is 58.7 Å². The highest BCUT2D eigenvalue weighted by atomic mass is 35.5. The van der Waals surface area contributed by atoms with Gasteiger partial charge in [-0.05, 0) is 36.1 Å². The zero-order valence-electron chi connectivity index (χ0n) is 23.2. The fraction of sp³-hybridized carbons (Fsp3) is 0.345. The highest BCUT2D eigenvalue weighted by Crippen LogP contribution is 2.24. The molecule has 42 heavy (non-hydrogen) atoms. The van der Waals surface area contributed by atoms with Crippen LogP contribution in [0.3, 0.4) is 0 Å². The third-order valence-electron chi connectivity index (χ3n) is 5.96.